The predicted molar refractivity (Wildman–Crippen MR) is 66.4 cm³/mol. The van der Waals surface area contributed by atoms with Gasteiger partial charge in [0.05, 0.1) is 11.4 Å². The molecule has 0 bridgehead atoms. The van der Waals surface area contributed by atoms with Gasteiger partial charge >= 0.3 is 0 Å². The molecule has 0 saturated heterocycles. The Labute approximate surface area is 104 Å². The summed E-state index contributed by atoms with van der Waals surface area (Å²) in [6, 6.07) is 0. The Morgan fingerprint density at radius 1 is 1.41 bits per heavy atom. The third-order valence-corrected chi connectivity index (χ3v) is 4.18. The second kappa shape index (κ2) is 3.89. The molecule has 90 valence electrons. The maximum absolute atomic E-state index is 5.71. The number of nitrogens with zero attached hydrogens (tertiary/aromatic N) is 4. The average Bonchev–Trinajstić information content (AvgIpc) is 2.98. The summed E-state index contributed by atoms with van der Waals surface area (Å²) in [6.07, 6.45) is 2.42. The number of hydrogen-bond donors (Lipinski definition) is 1. The van der Waals surface area contributed by atoms with Gasteiger partial charge in [-0.3, -0.25) is 0 Å². The molecule has 0 atom stereocenters. The van der Waals surface area contributed by atoms with Crippen molar-refractivity contribution in [1.29, 1.82) is 0 Å². The summed E-state index contributed by atoms with van der Waals surface area (Å²) in [5, 5.41) is 9.28. The first kappa shape index (κ1) is 10.9. The standard InChI is InChI=1S/C11H15N5S/c1-6-7(2)17-11(13-6)16-10(8-3-4-8)9(5-12)14-15-16/h8H,3-5,12H2,1-2H3. The van der Waals surface area contributed by atoms with E-state index in [9.17, 15) is 0 Å². The molecule has 0 aliphatic heterocycles. The van der Waals surface area contributed by atoms with Gasteiger partial charge in [0.1, 0.15) is 5.69 Å². The number of rotatable bonds is 3. The summed E-state index contributed by atoms with van der Waals surface area (Å²) in [5.74, 6) is 0.577. The zero-order valence-electron chi connectivity index (χ0n) is 9.97. The summed E-state index contributed by atoms with van der Waals surface area (Å²) in [5.41, 5.74) is 8.86. The smallest absolute Gasteiger partial charge is 0.212 e. The van der Waals surface area contributed by atoms with Crippen LogP contribution in [0.4, 0.5) is 0 Å². The Bertz CT molecular complexity index is 533. The fourth-order valence-corrected chi connectivity index (χ4v) is 2.79. The molecule has 17 heavy (non-hydrogen) atoms. The van der Waals surface area contributed by atoms with Crippen molar-refractivity contribution in [1.82, 2.24) is 20.0 Å². The van der Waals surface area contributed by atoms with E-state index in [0.717, 1.165) is 16.5 Å². The summed E-state index contributed by atoms with van der Waals surface area (Å²) < 4.78 is 1.88. The Kier molecular flexibility index (Phi) is 2.48. The van der Waals surface area contributed by atoms with Crippen LogP contribution in [0, 0.1) is 13.8 Å². The molecular weight excluding hydrogens is 234 g/mol. The van der Waals surface area contributed by atoms with Crippen molar-refractivity contribution in [2.45, 2.75) is 39.2 Å². The normalized spacial score (nSPS) is 15.5. The molecule has 6 heteroatoms. The number of thiazole rings is 1. The average molecular weight is 249 g/mol. The lowest BCUT2D eigenvalue weighted by Crippen LogP contribution is -2.04. The molecule has 2 N–H and O–H groups in total. The molecule has 1 fully saturated rings. The molecule has 0 amide bonds. The lowest BCUT2D eigenvalue weighted by molar-refractivity contribution is 0.756. The van der Waals surface area contributed by atoms with Crippen LogP contribution in [0.5, 0.6) is 0 Å². The van der Waals surface area contributed by atoms with Crippen LogP contribution in [0.25, 0.3) is 5.13 Å². The van der Waals surface area contributed by atoms with E-state index in [1.54, 1.807) is 11.3 Å². The van der Waals surface area contributed by atoms with Gasteiger partial charge in [0.2, 0.25) is 5.13 Å². The number of aryl methyl sites for hydroxylation is 2. The van der Waals surface area contributed by atoms with E-state index in [1.807, 2.05) is 11.6 Å². The van der Waals surface area contributed by atoms with Gasteiger partial charge in [0.25, 0.3) is 0 Å². The third kappa shape index (κ3) is 1.77. The van der Waals surface area contributed by atoms with Crippen molar-refractivity contribution in [3.05, 3.63) is 22.0 Å². The van der Waals surface area contributed by atoms with Gasteiger partial charge in [0, 0.05) is 17.3 Å². The highest BCUT2D eigenvalue weighted by atomic mass is 32.1. The van der Waals surface area contributed by atoms with E-state index in [-0.39, 0.29) is 0 Å². The molecule has 0 unspecified atom stereocenters. The fraction of sp³-hybridized carbons (Fsp3) is 0.545. The van der Waals surface area contributed by atoms with Gasteiger partial charge in [-0.05, 0) is 26.7 Å². The van der Waals surface area contributed by atoms with E-state index in [1.165, 1.54) is 23.4 Å². The van der Waals surface area contributed by atoms with Crippen molar-refractivity contribution >= 4 is 11.3 Å². The first-order valence-corrected chi connectivity index (χ1v) is 6.61. The zero-order valence-corrected chi connectivity index (χ0v) is 10.8. The third-order valence-electron chi connectivity index (χ3n) is 3.13. The van der Waals surface area contributed by atoms with Crippen molar-refractivity contribution < 1.29 is 0 Å². The Morgan fingerprint density at radius 3 is 2.71 bits per heavy atom. The van der Waals surface area contributed by atoms with Gasteiger partial charge in [-0.2, -0.15) is 4.68 Å². The van der Waals surface area contributed by atoms with Crippen molar-refractivity contribution in [2.75, 3.05) is 0 Å². The summed E-state index contributed by atoms with van der Waals surface area (Å²) in [6.45, 7) is 4.55. The SMILES string of the molecule is Cc1nc(-n2nnc(CN)c2C2CC2)sc1C. The van der Waals surface area contributed by atoms with Crippen LogP contribution < -0.4 is 5.73 Å². The molecule has 0 radical (unpaired) electrons. The number of hydrogen-bond acceptors (Lipinski definition) is 5. The second-order valence-electron chi connectivity index (χ2n) is 4.45. The molecule has 3 rings (SSSR count). The largest absolute Gasteiger partial charge is 0.325 e. The fourth-order valence-electron chi connectivity index (χ4n) is 1.92. The summed E-state index contributed by atoms with van der Waals surface area (Å²) >= 11 is 1.66. The molecule has 2 heterocycles. The van der Waals surface area contributed by atoms with Gasteiger partial charge < -0.3 is 5.73 Å². The monoisotopic (exact) mass is 249 g/mol. The van der Waals surface area contributed by atoms with E-state index < -0.39 is 0 Å². The minimum atomic E-state index is 0.454. The highest BCUT2D eigenvalue weighted by Crippen LogP contribution is 2.42. The van der Waals surface area contributed by atoms with Crippen LogP contribution in [-0.2, 0) is 6.54 Å². The van der Waals surface area contributed by atoms with E-state index in [4.69, 9.17) is 5.73 Å². The molecule has 0 spiro atoms. The first-order chi connectivity index (χ1) is 8.20. The zero-order chi connectivity index (χ0) is 12.0. The highest BCUT2D eigenvalue weighted by molar-refractivity contribution is 7.14. The van der Waals surface area contributed by atoms with Crippen LogP contribution in [-0.4, -0.2) is 20.0 Å². The summed E-state index contributed by atoms with van der Waals surface area (Å²) in [7, 11) is 0. The van der Waals surface area contributed by atoms with Gasteiger partial charge in [-0.25, -0.2) is 4.98 Å². The lowest BCUT2D eigenvalue weighted by atomic mass is 10.2. The molecular formula is C11H15N5S. The molecule has 5 nitrogen and oxygen atoms in total. The van der Waals surface area contributed by atoms with Crippen LogP contribution in [0.2, 0.25) is 0 Å². The van der Waals surface area contributed by atoms with Crippen molar-refractivity contribution in [3.8, 4) is 5.13 Å². The topological polar surface area (TPSA) is 69.6 Å². The Hall–Kier alpha value is -1.27. The van der Waals surface area contributed by atoms with Crippen molar-refractivity contribution in [2.24, 2.45) is 5.73 Å². The first-order valence-electron chi connectivity index (χ1n) is 5.79. The quantitative estimate of drug-likeness (QED) is 0.898. The molecule has 2 aromatic heterocycles. The van der Waals surface area contributed by atoms with Crippen LogP contribution in [0.3, 0.4) is 0 Å². The molecule has 1 aliphatic rings. The lowest BCUT2D eigenvalue weighted by Gasteiger charge is -2.02. The van der Waals surface area contributed by atoms with Gasteiger partial charge in [0.15, 0.2) is 0 Å². The predicted octanol–water partition coefficient (Wildman–Crippen LogP) is 1.68. The minimum absolute atomic E-state index is 0.454. The second-order valence-corrected chi connectivity index (χ2v) is 5.63. The Balaban J connectivity index is 2.10. The molecule has 2 aromatic rings. The Morgan fingerprint density at radius 2 is 2.18 bits per heavy atom. The van der Waals surface area contributed by atoms with Crippen LogP contribution in [0.15, 0.2) is 0 Å². The molecule has 0 aromatic carbocycles. The maximum atomic E-state index is 5.71. The van der Waals surface area contributed by atoms with Crippen LogP contribution in [0.1, 0.15) is 40.7 Å². The van der Waals surface area contributed by atoms with E-state index >= 15 is 0 Å². The van der Waals surface area contributed by atoms with E-state index in [0.29, 0.717) is 12.5 Å². The number of nitrogens with two attached hydrogens (primary N) is 1. The highest BCUT2D eigenvalue weighted by Gasteiger charge is 2.32. The minimum Gasteiger partial charge on any atom is -0.325 e. The van der Waals surface area contributed by atoms with Gasteiger partial charge in [-0.15, -0.1) is 5.10 Å². The van der Waals surface area contributed by atoms with Crippen LogP contribution >= 0.6 is 11.3 Å². The van der Waals surface area contributed by atoms with Crippen molar-refractivity contribution in [3.63, 3.8) is 0 Å². The van der Waals surface area contributed by atoms with Gasteiger partial charge in [-0.1, -0.05) is 16.6 Å². The number of aromatic nitrogens is 4. The summed E-state index contributed by atoms with van der Waals surface area (Å²) in [4.78, 5) is 5.77. The molecule has 1 saturated carbocycles. The van der Waals surface area contributed by atoms with E-state index in [2.05, 4.69) is 22.2 Å². The molecule has 1 aliphatic carbocycles. The maximum Gasteiger partial charge on any atom is 0.212 e.